The Labute approximate surface area is 109 Å². The molecule has 0 saturated carbocycles. The minimum absolute atomic E-state index is 0.0768. The number of fused-ring (bicyclic) bond motifs is 1. The molecule has 3 rings (SSSR count). The van der Waals surface area contributed by atoms with Crippen molar-refractivity contribution >= 4 is 18.0 Å². The van der Waals surface area contributed by atoms with Gasteiger partial charge in [-0.25, -0.2) is 0 Å². The predicted octanol–water partition coefficient (Wildman–Crippen LogP) is 0.266. The van der Waals surface area contributed by atoms with Gasteiger partial charge in [-0.05, 0) is 38.1 Å². The van der Waals surface area contributed by atoms with Crippen molar-refractivity contribution in [3.8, 4) is 5.75 Å². The van der Waals surface area contributed by atoms with E-state index in [1.807, 2.05) is 4.31 Å². The van der Waals surface area contributed by atoms with Crippen LogP contribution in [0, 0.1) is 0 Å². The lowest BCUT2D eigenvalue weighted by atomic mass is 10.1. The SMILES string of the molecule is OC1=c2c(O)cccc2=NSN1C1CCNCC1. The van der Waals surface area contributed by atoms with Crippen LogP contribution in [0.3, 0.4) is 0 Å². The Hall–Kier alpha value is -1.40. The van der Waals surface area contributed by atoms with Gasteiger partial charge in [0.05, 0.1) is 17.5 Å². The van der Waals surface area contributed by atoms with Crippen molar-refractivity contribution in [2.24, 2.45) is 4.40 Å². The first kappa shape index (κ1) is 11.7. The fraction of sp³-hybridized carbons (Fsp3) is 0.417. The molecule has 0 spiro atoms. The molecule has 6 heteroatoms. The molecule has 0 radical (unpaired) electrons. The fourth-order valence-electron chi connectivity index (χ4n) is 2.35. The molecule has 96 valence electrons. The van der Waals surface area contributed by atoms with E-state index in [1.54, 1.807) is 18.2 Å². The molecule has 0 unspecified atom stereocenters. The van der Waals surface area contributed by atoms with Crippen LogP contribution in [0.1, 0.15) is 12.8 Å². The van der Waals surface area contributed by atoms with E-state index in [0.29, 0.717) is 10.6 Å². The second-order valence-electron chi connectivity index (χ2n) is 4.47. The van der Waals surface area contributed by atoms with Crippen LogP contribution in [0.2, 0.25) is 0 Å². The number of piperidine rings is 1. The lowest BCUT2D eigenvalue weighted by Crippen LogP contribution is -2.44. The molecule has 0 bridgehead atoms. The average molecular weight is 265 g/mol. The number of nitrogens with zero attached hydrogens (tertiary/aromatic N) is 2. The second-order valence-corrected chi connectivity index (χ2v) is 5.21. The molecule has 2 aliphatic rings. The third kappa shape index (κ3) is 1.91. The molecule has 18 heavy (non-hydrogen) atoms. The Bertz CT molecular complexity index is 569. The lowest BCUT2D eigenvalue weighted by molar-refractivity contribution is 0.284. The summed E-state index contributed by atoms with van der Waals surface area (Å²) in [5.41, 5.74) is 0. The molecule has 1 saturated heterocycles. The highest BCUT2D eigenvalue weighted by Crippen LogP contribution is 2.27. The van der Waals surface area contributed by atoms with Gasteiger partial charge in [0.15, 0.2) is 0 Å². The van der Waals surface area contributed by atoms with Gasteiger partial charge < -0.3 is 15.5 Å². The molecule has 0 amide bonds. The molecule has 0 aromatic heterocycles. The third-order valence-electron chi connectivity index (χ3n) is 3.32. The maximum atomic E-state index is 10.3. The molecular formula is C12H15N3O2S. The Morgan fingerprint density at radius 1 is 1.28 bits per heavy atom. The zero-order valence-corrected chi connectivity index (χ0v) is 10.7. The summed E-state index contributed by atoms with van der Waals surface area (Å²) >= 11 is 1.26. The van der Waals surface area contributed by atoms with Crippen LogP contribution >= 0.6 is 12.1 Å². The Balaban J connectivity index is 2.04. The van der Waals surface area contributed by atoms with Crippen LogP contribution in [0.25, 0.3) is 5.88 Å². The van der Waals surface area contributed by atoms with Gasteiger partial charge in [0.1, 0.15) is 11.0 Å². The number of hydrogen-bond donors (Lipinski definition) is 3. The van der Waals surface area contributed by atoms with Crippen LogP contribution in [0.5, 0.6) is 5.75 Å². The van der Waals surface area contributed by atoms with Crippen LogP contribution in [-0.4, -0.2) is 33.6 Å². The number of aliphatic hydroxyl groups is 1. The highest BCUT2D eigenvalue weighted by atomic mass is 32.2. The molecule has 1 fully saturated rings. The number of rotatable bonds is 1. The fourth-order valence-corrected chi connectivity index (χ4v) is 3.19. The Kier molecular flexibility index (Phi) is 3.05. The number of phenolic OH excluding ortho intramolecular Hbond substituents is 1. The molecule has 2 aliphatic heterocycles. The number of benzene rings is 1. The molecule has 1 aromatic rings. The number of hydrogen-bond acceptors (Lipinski definition) is 6. The van der Waals surface area contributed by atoms with E-state index in [9.17, 15) is 10.2 Å². The van der Waals surface area contributed by atoms with Crippen LogP contribution < -0.4 is 15.9 Å². The molecular weight excluding hydrogens is 250 g/mol. The van der Waals surface area contributed by atoms with E-state index in [1.165, 1.54) is 12.1 Å². The maximum Gasteiger partial charge on any atom is 0.212 e. The number of aliphatic hydroxyl groups excluding tert-OH is 1. The predicted molar refractivity (Wildman–Crippen MR) is 70.2 cm³/mol. The van der Waals surface area contributed by atoms with Crippen molar-refractivity contribution in [3.05, 3.63) is 28.8 Å². The largest absolute Gasteiger partial charge is 0.507 e. The van der Waals surface area contributed by atoms with Crippen molar-refractivity contribution in [3.63, 3.8) is 0 Å². The molecule has 3 N–H and O–H groups in total. The summed E-state index contributed by atoms with van der Waals surface area (Å²) in [4.78, 5) is 0. The first-order valence-corrected chi connectivity index (χ1v) is 6.77. The quantitative estimate of drug-likeness (QED) is 0.636. The Morgan fingerprint density at radius 2 is 2.06 bits per heavy atom. The molecule has 5 nitrogen and oxygen atoms in total. The summed E-state index contributed by atoms with van der Waals surface area (Å²) in [7, 11) is 0. The van der Waals surface area contributed by atoms with Crippen molar-refractivity contribution in [1.29, 1.82) is 0 Å². The van der Waals surface area contributed by atoms with Crippen molar-refractivity contribution in [2.75, 3.05) is 13.1 Å². The minimum Gasteiger partial charge on any atom is -0.507 e. The third-order valence-corrected chi connectivity index (χ3v) is 4.25. The Morgan fingerprint density at radius 3 is 2.83 bits per heavy atom. The second kappa shape index (κ2) is 4.70. The summed E-state index contributed by atoms with van der Waals surface area (Å²) in [6, 6.07) is 5.35. The van der Waals surface area contributed by atoms with Gasteiger partial charge in [-0.15, -0.1) is 0 Å². The van der Waals surface area contributed by atoms with E-state index >= 15 is 0 Å². The molecule has 0 aliphatic carbocycles. The topological polar surface area (TPSA) is 68.1 Å². The summed E-state index contributed by atoms with van der Waals surface area (Å²) in [6.45, 7) is 1.89. The number of phenols is 1. The van der Waals surface area contributed by atoms with E-state index < -0.39 is 0 Å². The first-order valence-electron chi connectivity index (χ1n) is 6.04. The highest BCUT2D eigenvalue weighted by Gasteiger charge is 2.26. The summed E-state index contributed by atoms with van der Waals surface area (Å²) in [6.07, 6.45) is 1.94. The number of nitrogens with one attached hydrogen (secondary N) is 1. The molecule has 1 aromatic carbocycles. The van der Waals surface area contributed by atoms with Crippen molar-refractivity contribution in [2.45, 2.75) is 18.9 Å². The van der Waals surface area contributed by atoms with Crippen LogP contribution in [0.4, 0.5) is 0 Å². The van der Waals surface area contributed by atoms with Crippen LogP contribution in [-0.2, 0) is 0 Å². The summed E-state index contributed by atoms with van der Waals surface area (Å²) in [5, 5.41) is 24.5. The average Bonchev–Trinajstić information content (AvgIpc) is 2.40. The van der Waals surface area contributed by atoms with Gasteiger partial charge in [0.2, 0.25) is 5.88 Å². The zero-order valence-electron chi connectivity index (χ0n) is 9.83. The van der Waals surface area contributed by atoms with Gasteiger partial charge in [-0.2, -0.15) is 4.40 Å². The normalized spacial score (nSPS) is 20.4. The van der Waals surface area contributed by atoms with E-state index in [4.69, 9.17) is 0 Å². The van der Waals surface area contributed by atoms with E-state index in [0.717, 1.165) is 25.9 Å². The lowest BCUT2D eigenvalue weighted by Gasteiger charge is -2.33. The molecule has 2 heterocycles. The van der Waals surface area contributed by atoms with Gasteiger partial charge in [0.25, 0.3) is 0 Å². The number of aromatic hydroxyl groups is 1. The zero-order chi connectivity index (χ0) is 12.5. The van der Waals surface area contributed by atoms with Gasteiger partial charge in [-0.1, -0.05) is 6.07 Å². The maximum absolute atomic E-state index is 10.3. The summed E-state index contributed by atoms with van der Waals surface area (Å²) < 4.78 is 6.15. The molecule has 0 atom stereocenters. The minimum atomic E-state index is 0.0768. The van der Waals surface area contributed by atoms with Gasteiger partial charge >= 0.3 is 0 Å². The first-order chi connectivity index (χ1) is 8.77. The van der Waals surface area contributed by atoms with E-state index in [2.05, 4.69) is 9.71 Å². The van der Waals surface area contributed by atoms with Gasteiger partial charge in [-0.3, -0.25) is 4.31 Å². The standard InChI is InChI=1S/C12H15N3O2S/c16-10-3-1-2-9-11(10)12(17)15(18-14-9)8-4-6-13-7-5-8/h1-3,8,13,16-17H,4-7H2. The smallest absolute Gasteiger partial charge is 0.212 e. The van der Waals surface area contributed by atoms with Gasteiger partial charge in [0, 0.05) is 6.04 Å². The van der Waals surface area contributed by atoms with Crippen LogP contribution in [0.15, 0.2) is 22.6 Å². The van der Waals surface area contributed by atoms with Crippen molar-refractivity contribution in [1.82, 2.24) is 9.62 Å². The summed E-state index contributed by atoms with van der Waals surface area (Å²) in [5.74, 6) is 0.197. The van der Waals surface area contributed by atoms with Crippen molar-refractivity contribution < 1.29 is 10.2 Å². The monoisotopic (exact) mass is 265 g/mol. The highest BCUT2D eigenvalue weighted by molar-refractivity contribution is 7.95. The van der Waals surface area contributed by atoms with E-state index in [-0.39, 0.29) is 17.7 Å².